The molecule has 1 atom stereocenters. The summed E-state index contributed by atoms with van der Waals surface area (Å²) >= 11 is 1.63. The average Bonchev–Trinajstić information content (AvgIpc) is 3.21. The van der Waals surface area contributed by atoms with E-state index in [1.54, 1.807) is 23.6 Å². The van der Waals surface area contributed by atoms with E-state index in [1.165, 1.54) is 0 Å². The highest BCUT2D eigenvalue weighted by molar-refractivity contribution is 7.99. The number of benzene rings is 2. The lowest BCUT2D eigenvalue weighted by atomic mass is 9.95. The van der Waals surface area contributed by atoms with E-state index in [-0.39, 0.29) is 5.91 Å². The summed E-state index contributed by atoms with van der Waals surface area (Å²) in [6.45, 7) is 4.06. The highest BCUT2D eigenvalue weighted by Crippen LogP contribution is 2.37. The summed E-state index contributed by atoms with van der Waals surface area (Å²) in [6.07, 6.45) is 2.22. The van der Waals surface area contributed by atoms with Crippen molar-refractivity contribution in [1.29, 1.82) is 0 Å². The summed E-state index contributed by atoms with van der Waals surface area (Å²) in [6, 6.07) is 16.7. The number of hydrogen-bond donors (Lipinski definition) is 2. The molecule has 1 aliphatic rings. The molecule has 2 heterocycles. The number of ether oxygens (including phenoxy) is 1. The molecule has 0 saturated carbocycles. The van der Waals surface area contributed by atoms with E-state index in [1.807, 2.05) is 61.5 Å². The number of hydrogen-bond acceptors (Lipinski definition) is 6. The first kappa shape index (κ1) is 22.0. The lowest BCUT2D eigenvalue weighted by Crippen LogP contribution is -2.31. The van der Waals surface area contributed by atoms with Gasteiger partial charge >= 0.3 is 0 Å². The van der Waals surface area contributed by atoms with E-state index in [0.29, 0.717) is 16.7 Å². The van der Waals surface area contributed by atoms with Crippen molar-refractivity contribution >= 4 is 29.3 Å². The number of nitrogens with zero attached hydrogens (tertiary/aromatic N) is 3. The Balaban J connectivity index is 1.74. The van der Waals surface area contributed by atoms with Crippen LogP contribution >= 0.6 is 11.8 Å². The Morgan fingerprint density at radius 3 is 2.78 bits per heavy atom. The van der Waals surface area contributed by atoms with Gasteiger partial charge in [-0.25, -0.2) is 4.68 Å². The van der Waals surface area contributed by atoms with Crippen LogP contribution in [-0.2, 0) is 4.79 Å². The molecule has 0 saturated heterocycles. The number of methoxy groups -OCH3 is 1. The number of unbranched alkanes of at least 4 members (excludes halogenated alkanes) is 1. The molecule has 0 radical (unpaired) electrons. The molecule has 3 aromatic rings. The molecule has 2 N–H and O–H groups in total. The van der Waals surface area contributed by atoms with E-state index in [9.17, 15) is 4.79 Å². The normalized spacial score (nSPS) is 15.2. The van der Waals surface area contributed by atoms with E-state index in [2.05, 4.69) is 22.5 Å². The second kappa shape index (κ2) is 9.91. The van der Waals surface area contributed by atoms with Gasteiger partial charge in [0, 0.05) is 17.1 Å². The Labute approximate surface area is 192 Å². The van der Waals surface area contributed by atoms with Crippen LogP contribution in [0.5, 0.6) is 5.75 Å². The minimum Gasteiger partial charge on any atom is -0.497 e. The molecule has 0 aliphatic carbocycles. The van der Waals surface area contributed by atoms with Gasteiger partial charge in [-0.3, -0.25) is 4.79 Å². The van der Waals surface area contributed by atoms with Gasteiger partial charge < -0.3 is 15.4 Å². The third-order valence-corrected chi connectivity index (χ3v) is 6.17. The SMILES string of the molecule is CCCCSc1nc2n(n1)C(c1cccc(OC)c1)C(C(=O)Nc1ccccc1)=C(C)N2. The summed E-state index contributed by atoms with van der Waals surface area (Å²) in [5.41, 5.74) is 2.97. The number of anilines is 2. The highest BCUT2D eigenvalue weighted by Gasteiger charge is 2.34. The van der Waals surface area contributed by atoms with Gasteiger partial charge in [0.2, 0.25) is 11.1 Å². The summed E-state index contributed by atoms with van der Waals surface area (Å²) < 4.78 is 7.24. The number of carbonyl (C=O) groups excluding carboxylic acids is 1. The maximum absolute atomic E-state index is 13.4. The molecule has 166 valence electrons. The van der Waals surface area contributed by atoms with Gasteiger partial charge in [0.25, 0.3) is 5.91 Å². The molecule has 1 amide bonds. The molecule has 2 aromatic carbocycles. The molecular formula is C24H27N5O2S. The topological polar surface area (TPSA) is 81.1 Å². The third-order valence-electron chi connectivity index (χ3n) is 5.25. The van der Waals surface area contributed by atoms with Gasteiger partial charge in [-0.1, -0.05) is 55.4 Å². The predicted octanol–water partition coefficient (Wildman–Crippen LogP) is 5.11. The van der Waals surface area contributed by atoms with E-state index < -0.39 is 6.04 Å². The van der Waals surface area contributed by atoms with Gasteiger partial charge in [0.1, 0.15) is 11.8 Å². The lowest BCUT2D eigenvalue weighted by molar-refractivity contribution is -0.113. The molecule has 0 fully saturated rings. The summed E-state index contributed by atoms with van der Waals surface area (Å²) in [5.74, 6) is 2.12. The van der Waals surface area contributed by atoms with Gasteiger partial charge in [0.15, 0.2) is 0 Å². The molecule has 4 rings (SSSR count). The van der Waals surface area contributed by atoms with Crippen molar-refractivity contribution in [1.82, 2.24) is 14.8 Å². The number of thioether (sulfide) groups is 1. The standard InChI is InChI=1S/C24H27N5O2S/c1-4-5-14-32-24-27-23-25-16(2)20(22(30)26-18-11-7-6-8-12-18)21(29(23)28-24)17-10-9-13-19(15-17)31-3/h6-13,15,21H,4-5,14H2,1-3H3,(H,26,30)(H,25,27,28). The molecule has 0 bridgehead atoms. The first-order valence-corrected chi connectivity index (χ1v) is 11.7. The van der Waals surface area contributed by atoms with Gasteiger partial charge in [0.05, 0.1) is 12.7 Å². The quantitative estimate of drug-likeness (QED) is 0.368. The molecule has 7 nitrogen and oxygen atoms in total. The molecule has 1 aliphatic heterocycles. The summed E-state index contributed by atoms with van der Waals surface area (Å²) in [5, 5.41) is 11.8. The van der Waals surface area contributed by atoms with Crippen LogP contribution in [0.2, 0.25) is 0 Å². The average molecular weight is 450 g/mol. The van der Waals surface area contributed by atoms with Crippen molar-refractivity contribution in [2.24, 2.45) is 0 Å². The maximum Gasteiger partial charge on any atom is 0.255 e. The Hall–Kier alpha value is -3.26. The summed E-state index contributed by atoms with van der Waals surface area (Å²) in [4.78, 5) is 18.1. The second-order valence-electron chi connectivity index (χ2n) is 7.53. The molecule has 8 heteroatoms. The van der Waals surface area contributed by atoms with Crippen molar-refractivity contribution in [3.8, 4) is 5.75 Å². The Morgan fingerprint density at radius 2 is 2.03 bits per heavy atom. The fourth-order valence-corrected chi connectivity index (χ4v) is 4.55. The number of para-hydroxylation sites is 1. The Bertz CT molecular complexity index is 1130. The predicted molar refractivity (Wildman–Crippen MR) is 128 cm³/mol. The Kier molecular flexibility index (Phi) is 6.80. The van der Waals surface area contributed by atoms with Gasteiger partial charge in [-0.15, -0.1) is 5.10 Å². The Morgan fingerprint density at radius 1 is 1.22 bits per heavy atom. The fraction of sp³-hybridized carbons (Fsp3) is 0.292. The number of aromatic nitrogens is 3. The number of carbonyl (C=O) groups is 1. The number of allylic oxidation sites excluding steroid dienone is 1. The highest BCUT2D eigenvalue weighted by atomic mass is 32.2. The smallest absolute Gasteiger partial charge is 0.255 e. The van der Waals surface area contributed by atoms with Crippen LogP contribution in [-0.4, -0.2) is 33.5 Å². The zero-order valence-electron chi connectivity index (χ0n) is 18.5. The van der Waals surface area contributed by atoms with Crippen LogP contribution in [0.3, 0.4) is 0 Å². The van der Waals surface area contributed by atoms with Crippen LogP contribution in [0.15, 0.2) is 71.0 Å². The molecular weight excluding hydrogens is 422 g/mol. The number of rotatable bonds is 8. The van der Waals surface area contributed by atoms with Crippen LogP contribution in [0, 0.1) is 0 Å². The lowest BCUT2D eigenvalue weighted by Gasteiger charge is -2.28. The van der Waals surface area contributed by atoms with Crippen molar-refractivity contribution in [3.63, 3.8) is 0 Å². The minimum absolute atomic E-state index is 0.185. The van der Waals surface area contributed by atoms with Crippen molar-refractivity contribution < 1.29 is 9.53 Å². The largest absolute Gasteiger partial charge is 0.497 e. The zero-order chi connectivity index (χ0) is 22.5. The fourth-order valence-electron chi connectivity index (χ4n) is 3.63. The van der Waals surface area contributed by atoms with Crippen LogP contribution in [0.4, 0.5) is 11.6 Å². The molecule has 32 heavy (non-hydrogen) atoms. The van der Waals surface area contributed by atoms with E-state index in [0.717, 1.165) is 41.3 Å². The zero-order valence-corrected chi connectivity index (χ0v) is 19.3. The molecule has 1 aromatic heterocycles. The maximum atomic E-state index is 13.4. The van der Waals surface area contributed by atoms with Crippen molar-refractivity contribution in [2.75, 3.05) is 23.5 Å². The van der Waals surface area contributed by atoms with E-state index in [4.69, 9.17) is 9.84 Å². The first-order valence-electron chi connectivity index (χ1n) is 10.7. The van der Waals surface area contributed by atoms with Gasteiger partial charge in [-0.05, 0) is 43.2 Å². The number of nitrogens with one attached hydrogen (secondary N) is 2. The van der Waals surface area contributed by atoms with Crippen molar-refractivity contribution in [3.05, 3.63) is 71.4 Å². The van der Waals surface area contributed by atoms with Crippen molar-refractivity contribution in [2.45, 2.75) is 37.9 Å². The van der Waals surface area contributed by atoms with Crippen LogP contribution in [0.25, 0.3) is 0 Å². The minimum atomic E-state index is -0.432. The second-order valence-corrected chi connectivity index (χ2v) is 8.59. The summed E-state index contributed by atoms with van der Waals surface area (Å²) in [7, 11) is 1.63. The monoisotopic (exact) mass is 449 g/mol. The van der Waals surface area contributed by atoms with E-state index >= 15 is 0 Å². The number of amides is 1. The van der Waals surface area contributed by atoms with Crippen LogP contribution in [0.1, 0.15) is 38.3 Å². The molecule has 1 unspecified atom stereocenters. The first-order chi connectivity index (χ1) is 15.6. The molecule has 0 spiro atoms. The van der Waals surface area contributed by atoms with Crippen LogP contribution < -0.4 is 15.4 Å². The third kappa shape index (κ3) is 4.65. The van der Waals surface area contributed by atoms with Gasteiger partial charge in [-0.2, -0.15) is 4.98 Å². The number of fused-ring (bicyclic) bond motifs is 1.